The van der Waals surface area contributed by atoms with E-state index >= 15 is 0 Å². The van der Waals surface area contributed by atoms with Crippen LogP contribution in [0.2, 0.25) is 0 Å². The van der Waals surface area contributed by atoms with Crippen molar-refractivity contribution in [2.75, 3.05) is 6.61 Å². The molecule has 0 fully saturated rings. The van der Waals surface area contributed by atoms with E-state index in [4.69, 9.17) is 5.11 Å². The van der Waals surface area contributed by atoms with Crippen molar-refractivity contribution in [1.82, 2.24) is 0 Å². The standard InChI is InChI=1S/C20H28O3/c1-13(12-21)5-4-6-14(2)17-9-7-15(3)18-10-8-16(20(22)23)11-19(17)18/h5,8,10-11,14-15,17,21H,4,6-7,9,12H2,1-3H3,(H,22,23)/b13-5+/t14-,15+,17-/m0/s1. The molecule has 0 amide bonds. The molecule has 0 spiro atoms. The summed E-state index contributed by atoms with van der Waals surface area (Å²) >= 11 is 0. The summed E-state index contributed by atoms with van der Waals surface area (Å²) in [6.45, 7) is 6.56. The highest BCUT2D eigenvalue weighted by atomic mass is 16.4. The van der Waals surface area contributed by atoms with Gasteiger partial charge in [-0.25, -0.2) is 4.79 Å². The van der Waals surface area contributed by atoms with Crippen molar-refractivity contribution in [3.05, 3.63) is 46.5 Å². The van der Waals surface area contributed by atoms with Gasteiger partial charge in [-0.15, -0.1) is 0 Å². The van der Waals surface area contributed by atoms with E-state index in [1.54, 1.807) is 6.07 Å². The van der Waals surface area contributed by atoms with Gasteiger partial charge >= 0.3 is 5.97 Å². The van der Waals surface area contributed by atoms with Gasteiger partial charge in [0.15, 0.2) is 0 Å². The zero-order valence-corrected chi connectivity index (χ0v) is 14.4. The molecule has 1 aromatic carbocycles. The molecule has 0 saturated carbocycles. The molecule has 23 heavy (non-hydrogen) atoms. The zero-order valence-electron chi connectivity index (χ0n) is 14.4. The van der Waals surface area contributed by atoms with Gasteiger partial charge in [0, 0.05) is 0 Å². The summed E-state index contributed by atoms with van der Waals surface area (Å²) in [6.07, 6.45) is 6.43. The minimum absolute atomic E-state index is 0.125. The Morgan fingerprint density at radius 2 is 2.09 bits per heavy atom. The SMILES string of the molecule is C/C(=C\CC[C@H](C)[C@@H]1CC[C@@H](C)c2ccc(C(=O)O)cc21)CO. The highest BCUT2D eigenvalue weighted by Gasteiger charge is 2.29. The molecular weight excluding hydrogens is 288 g/mol. The van der Waals surface area contributed by atoms with Crippen molar-refractivity contribution < 1.29 is 15.0 Å². The number of carboxylic acid groups (broad SMARTS) is 1. The molecule has 1 aromatic rings. The molecule has 2 N–H and O–H groups in total. The number of benzene rings is 1. The molecule has 1 aliphatic rings. The molecule has 3 atom stereocenters. The minimum atomic E-state index is -0.848. The molecule has 0 radical (unpaired) electrons. The van der Waals surface area contributed by atoms with E-state index in [-0.39, 0.29) is 6.61 Å². The summed E-state index contributed by atoms with van der Waals surface area (Å²) in [5, 5.41) is 18.3. The van der Waals surface area contributed by atoms with Crippen molar-refractivity contribution in [3.63, 3.8) is 0 Å². The van der Waals surface area contributed by atoms with Gasteiger partial charge in [0.2, 0.25) is 0 Å². The van der Waals surface area contributed by atoms with Crippen LogP contribution in [0.5, 0.6) is 0 Å². The van der Waals surface area contributed by atoms with E-state index in [0.717, 1.165) is 24.8 Å². The molecule has 0 aliphatic heterocycles. The van der Waals surface area contributed by atoms with Gasteiger partial charge in [-0.2, -0.15) is 0 Å². The Morgan fingerprint density at radius 1 is 1.35 bits per heavy atom. The summed E-state index contributed by atoms with van der Waals surface area (Å²) in [4.78, 5) is 11.3. The molecule has 126 valence electrons. The number of hydrogen-bond acceptors (Lipinski definition) is 2. The van der Waals surface area contributed by atoms with E-state index < -0.39 is 5.97 Å². The fraction of sp³-hybridized carbons (Fsp3) is 0.550. The molecular formula is C20H28O3. The lowest BCUT2D eigenvalue weighted by Gasteiger charge is -2.34. The first-order valence-corrected chi connectivity index (χ1v) is 8.57. The Labute approximate surface area is 139 Å². The number of aliphatic hydroxyl groups excluding tert-OH is 1. The molecule has 3 heteroatoms. The Morgan fingerprint density at radius 3 is 2.74 bits per heavy atom. The minimum Gasteiger partial charge on any atom is -0.478 e. The molecule has 0 bridgehead atoms. The third-order valence-corrected chi connectivity index (χ3v) is 5.23. The van der Waals surface area contributed by atoms with Gasteiger partial charge in [-0.3, -0.25) is 0 Å². The monoisotopic (exact) mass is 316 g/mol. The fourth-order valence-corrected chi connectivity index (χ4v) is 3.67. The lowest BCUT2D eigenvalue weighted by atomic mass is 9.71. The Kier molecular flexibility index (Phi) is 6.00. The largest absolute Gasteiger partial charge is 0.478 e. The van der Waals surface area contributed by atoms with Crippen LogP contribution < -0.4 is 0 Å². The summed E-state index contributed by atoms with van der Waals surface area (Å²) in [7, 11) is 0. The predicted molar refractivity (Wildman–Crippen MR) is 93.0 cm³/mol. The number of carboxylic acids is 1. The van der Waals surface area contributed by atoms with Crippen LogP contribution in [-0.2, 0) is 0 Å². The van der Waals surface area contributed by atoms with Crippen molar-refractivity contribution in [3.8, 4) is 0 Å². The van der Waals surface area contributed by atoms with Crippen molar-refractivity contribution in [1.29, 1.82) is 0 Å². The Hall–Kier alpha value is -1.61. The van der Waals surface area contributed by atoms with Crippen molar-refractivity contribution in [2.45, 2.75) is 58.3 Å². The first kappa shape index (κ1) is 17.7. The van der Waals surface area contributed by atoms with Crippen LogP contribution in [0.3, 0.4) is 0 Å². The summed E-state index contributed by atoms with van der Waals surface area (Å²) in [5.41, 5.74) is 3.97. The summed E-state index contributed by atoms with van der Waals surface area (Å²) in [6, 6.07) is 5.64. The van der Waals surface area contributed by atoms with E-state index in [9.17, 15) is 9.90 Å². The van der Waals surface area contributed by atoms with Crippen LogP contribution in [0.4, 0.5) is 0 Å². The second-order valence-corrected chi connectivity index (χ2v) is 7.00. The highest BCUT2D eigenvalue weighted by molar-refractivity contribution is 5.88. The first-order valence-electron chi connectivity index (χ1n) is 8.57. The molecule has 0 saturated heterocycles. The molecule has 3 nitrogen and oxygen atoms in total. The van der Waals surface area contributed by atoms with Crippen molar-refractivity contribution in [2.24, 2.45) is 5.92 Å². The maximum absolute atomic E-state index is 11.3. The third-order valence-electron chi connectivity index (χ3n) is 5.23. The van der Waals surface area contributed by atoms with E-state index in [2.05, 4.69) is 19.9 Å². The Bertz CT molecular complexity index is 589. The average Bonchev–Trinajstić information content (AvgIpc) is 2.54. The topological polar surface area (TPSA) is 57.5 Å². The molecule has 2 rings (SSSR count). The number of fused-ring (bicyclic) bond motifs is 1. The number of carbonyl (C=O) groups is 1. The average molecular weight is 316 g/mol. The third kappa shape index (κ3) is 4.23. The summed E-state index contributed by atoms with van der Waals surface area (Å²) in [5.74, 6) is 0.600. The van der Waals surface area contributed by atoms with Gasteiger partial charge in [-0.1, -0.05) is 31.6 Å². The Balaban J connectivity index is 2.19. The number of hydrogen-bond donors (Lipinski definition) is 2. The first-order chi connectivity index (χ1) is 10.9. The smallest absolute Gasteiger partial charge is 0.335 e. The normalized spacial score (nSPS) is 22.5. The van der Waals surface area contributed by atoms with Crippen LogP contribution in [0.15, 0.2) is 29.8 Å². The molecule has 0 heterocycles. The fourth-order valence-electron chi connectivity index (χ4n) is 3.67. The number of aliphatic hydroxyl groups is 1. The van der Waals surface area contributed by atoms with E-state index in [1.165, 1.54) is 17.5 Å². The zero-order chi connectivity index (χ0) is 17.0. The molecule has 0 aromatic heterocycles. The molecule has 1 aliphatic carbocycles. The van der Waals surface area contributed by atoms with Gasteiger partial charge in [0.1, 0.15) is 0 Å². The lowest BCUT2D eigenvalue weighted by molar-refractivity contribution is 0.0696. The second kappa shape index (κ2) is 7.78. The summed E-state index contributed by atoms with van der Waals surface area (Å²) < 4.78 is 0. The van der Waals surface area contributed by atoms with Gasteiger partial charge < -0.3 is 10.2 Å². The number of allylic oxidation sites excluding steroid dienone is 1. The highest BCUT2D eigenvalue weighted by Crippen LogP contribution is 2.43. The van der Waals surface area contributed by atoms with E-state index in [0.29, 0.717) is 23.3 Å². The van der Waals surface area contributed by atoms with Crippen LogP contribution in [0.1, 0.15) is 79.8 Å². The molecule has 0 unspecified atom stereocenters. The number of rotatable bonds is 6. The number of aromatic carboxylic acids is 1. The van der Waals surface area contributed by atoms with Crippen LogP contribution in [-0.4, -0.2) is 22.8 Å². The van der Waals surface area contributed by atoms with Crippen molar-refractivity contribution >= 4 is 5.97 Å². The van der Waals surface area contributed by atoms with Gasteiger partial charge in [0.05, 0.1) is 12.2 Å². The van der Waals surface area contributed by atoms with Gasteiger partial charge in [0.25, 0.3) is 0 Å². The van der Waals surface area contributed by atoms with Crippen LogP contribution in [0.25, 0.3) is 0 Å². The quantitative estimate of drug-likeness (QED) is 0.747. The van der Waals surface area contributed by atoms with Crippen LogP contribution >= 0.6 is 0 Å². The maximum Gasteiger partial charge on any atom is 0.335 e. The van der Waals surface area contributed by atoms with E-state index in [1.807, 2.05) is 19.1 Å². The lowest BCUT2D eigenvalue weighted by Crippen LogP contribution is -2.19. The maximum atomic E-state index is 11.3. The van der Waals surface area contributed by atoms with Crippen LogP contribution in [0, 0.1) is 5.92 Å². The predicted octanol–water partition coefficient (Wildman–Crippen LogP) is 4.72. The second-order valence-electron chi connectivity index (χ2n) is 7.00. The van der Waals surface area contributed by atoms with Gasteiger partial charge in [-0.05, 0) is 73.6 Å².